The summed E-state index contributed by atoms with van der Waals surface area (Å²) in [5.74, 6) is -1.47. The van der Waals surface area contributed by atoms with Crippen molar-refractivity contribution in [3.05, 3.63) is 144 Å². The molecular formula is C43H44Cl2N2O11. The van der Waals surface area contributed by atoms with Crippen LogP contribution in [0.3, 0.4) is 0 Å². The van der Waals surface area contributed by atoms with Gasteiger partial charge in [0.25, 0.3) is 0 Å². The number of nitrogens with one attached hydrogen (secondary N) is 2. The van der Waals surface area contributed by atoms with E-state index in [2.05, 4.69) is 10.6 Å². The molecule has 9 atom stereocenters. The largest absolute Gasteiger partial charge is 0.456 e. The maximum atomic E-state index is 13.5. The Balaban J connectivity index is 1.30. The van der Waals surface area contributed by atoms with Gasteiger partial charge in [0.2, 0.25) is 0 Å². The van der Waals surface area contributed by atoms with E-state index in [9.17, 15) is 19.2 Å². The quantitative estimate of drug-likeness (QED) is 0.0783. The molecule has 1 saturated carbocycles. The Morgan fingerprint density at radius 2 is 1.16 bits per heavy atom. The number of esters is 2. The maximum absolute atomic E-state index is 13.5. The molecule has 4 aromatic rings. The molecule has 2 N–H and O–H groups in total. The summed E-state index contributed by atoms with van der Waals surface area (Å²) in [6.07, 6.45) is -7.76. The molecule has 1 aliphatic carbocycles. The topological polar surface area (TPSA) is 157 Å². The number of methoxy groups -OCH3 is 1. The molecule has 2 fully saturated rings. The summed E-state index contributed by atoms with van der Waals surface area (Å²) in [7, 11) is 1.42. The van der Waals surface area contributed by atoms with Crippen LogP contribution in [0.1, 0.15) is 44.7 Å². The normalized spacial score (nSPS) is 25.4. The molecule has 306 valence electrons. The zero-order valence-corrected chi connectivity index (χ0v) is 33.0. The van der Waals surface area contributed by atoms with Crippen molar-refractivity contribution in [3.63, 3.8) is 0 Å². The summed E-state index contributed by atoms with van der Waals surface area (Å²) in [6, 6.07) is 32.8. The summed E-state index contributed by atoms with van der Waals surface area (Å²) in [6.45, 7) is -0.0729. The van der Waals surface area contributed by atoms with Gasteiger partial charge in [-0.2, -0.15) is 0 Å². The van der Waals surface area contributed by atoms with Crippen LogP contribution in [0.25, 0.3) is 0 Å². The number of ether oxygens (including phenoxy) is 7. The van der Waals surface area contributed by atoms with Crippen molar-refractivity contribution in [2.24, 2.45) is 0 Å². The van der Waals surface area contributed by atoms with E-state index in [4.69, 9.17) is 56.4 Å². The highest BCUT2D eigenvalue weighted by atomic mass is 35.5. The van der Waals surface area contributed by atoms with Crippen LogP contribution in [0, 0.1) is 0 Å². The molecule has 1 saturated heterocycles. The molecule has 2 amide bonds. The molecule has 0 radical (unpaired) electrons. The van der Waals surface area contributed by atoms with Crippen LogP contribution in [0.2, 0.25) is 0 Å². The third-order valence-electron chi connectivity index (χ3n) is 9.72. The van der Waals surface area contributed by atoms with Gasteiger partial charge in [-0.3, -0.25) is 0 Å². The van der Waals surface area contributed by atoms with Crippen molar-refractivity contribution in [1.82, 2.24) is 10.6 Å². The van der Waals surface area contributed by atoms with Crippen molar-refractivity contribution in [3.8, 4) is 0 Å². The van der Waals surface area contributed by atoms with Crippen LogP contribution >= 0.6 is 23.2 Å². The number of alkyl carbamates (subject to hydrolysis) is 2. The van der Waals surface area contributed by atoms with Crippen molar-refractivity contribution in [1.29, 1.82) is 0 Å². The van der Waals surface area contributed by atoms with E-state index in [0.717, 1.165) is 11.1 Å². The molecule has 13 nitrogen and oxygen atoms in total. The standard InChI is InChI=1S/C43H44Cl2N2O11/c1-52-37-32(55-39(48)29-18-10-4-11-19-29)23-22-31(46-42(50)53-25-27-14-6-2-7-15-27)36(37)58-41-35(47-43(51)54-26-28-16-8-3-9-17-28)38(34(45)33(24-44)56-41)57-40(49)30-20-12-5-13-21-30/h2-21,31-38,41H,22-26H2,1H3,(H,46,50)(H,47,51)/t31-,32-,33+,34+,35+,36+,37+,38-,41+/m0/s1. The third-order valence-corrected chi connectivity index (χ3v) is 10.6. The molecule has 6 rings (SSSR count). The second kappa shape index (κ2) is 21.0. The van der Waals surface area contributed by atoms with Gasteiger partial charge in [-0.1, -0.05) is 97.1 Å². The van der Waals surface area contributed by atoms with Gasteiger partial charge in [0, 0.05) is 7.11 Å². The Morgan fingerprint density at radius 1 is 0.655 bits per heavy atom. The first-order valence-corrected chi connectivity index (χ1v) is 19.7. The lowest BCUT2D eigenvalue weighted by Crippen LogP contribution is -2.67. The zero-order valence-electron chi connectivity index (χ0n) is 31.5. The van der Waals surface area contributed by atoms with Gasteiger partial charge in [-0.15, -0.1) is 23.2 Å². The first kappa shape index (κ1) is 42.4. The van der Waals surface area contributed by atoms with Crippen LogP contribution in [-0.2, 0) is 46.4 Å². The Morgan fingerprint density at radius 3 is 1.67 bits per heavy atom. The number of hydrogen-bond donors (Lipinski definition) is 2. The second-order valence-electron chi connectivity index (χ2n) is 13.6. The highest BCUT2D eigenvalue weighted by Gasteiger charge is 2.52. The fourth-order valence-corrected chi connectivity index (χ4v) is 7.50. The summed E-state index contributed by atoms with van der Waals surface area (Å²) in [4.78, 5) is 53.6. The molecule has 15 heteroatoms. The van der Waals surface area contributed by atoms with E-state index in [1.165, 1.54) is 7.11 Å². The number of rotatable bonds is 14. The van der Waals surface area contributed by atoms with Gasteiger partial charge in [0.05, 0.1) is 29.2 Å². The van der Waals surface area contributed by atoms with Gasteiger partial charge in [-0.05, 0) is 48.2 Å². The number of benzene rings is 4. The number of carbonyl (C=O) groups excluding carboxylic acids is 4. The molecule has 2 aliphatic rings. The predicted octanol–water partition coefficient (Wildman–Crippen LogP) is 6.79. The molecule has 1 aliphatic heterocycles. The van der Waals surface area contributed by atoms with Gasteiger partial charge in [0.15, 0.2) is 6.29 Å². The SMILES string of the molecule is CO[C@H]1[C@H](O[C@H]2O[C@H](CCl)[C@@H](Cl)[C@H](OC(=O)c3ccccc3)[C@H]2NC(=O)OCc2ccccc2)[C@@H](NC(=O)OCc2ccccc2)CC[C@@H]1OC(=O)c1ccccc1. The molecule has 0 bridgehead atoms. The van der Waals surface area contributed by atoms with Crippen molar-refractivity contribution < 1.29 is 52.3 Å². The maximum Gasteiger partial charge on any atom is 0.407 e. The fraction of sp³-hybridized carbons (Fsp3) is 0.349. The zero-order chi connectivity index (χ0) is 40.9. The molecule has 4 aromatic carbocycles. The van der Waals surface area contributed by atoms with E-state index in [1.807, 2.05) is 48.5 Å². The van der Waals surface area contributed by atoms with E-state index < -0.39 is 78.4 Å². The lowest BCUT2D eigenvalue weighted by Gasteiger charge is -2.47. The van der Waals surface area contributed by atoms with Crippen molar-refractivity contribution in [2.45, 2.75) is 80.3 Å². The van der Waals surface area contributed by atoms with Crippen LogP contribution in [0.5, 0.6) is 0 Å². The monoisotopic (exact) mass is 834 g/mol. The van der Waals surface area contributed by atoms with Crippen LogP contribution < -0.4 is 10.6 Å². The first-order valence-electron chi connectivity index (χ1n) is 18.7. The Bertz CT molecular complexity index is 1930. The summed E-state index contributed by atoms with van der Waals surface area (Å²) < 4.78 is 42.1. The van der Waals surface area contributed by atoms with Crippen LogP contribution in [0.15, 0.2) is 121 Å². The van der Waals surface area contributed by atoms with Gasteiger partial charge >= 0.3 is 24.1 Å². The number of halogens is 2. The summed E-state index contributed by atoms with van der Waals surface area (Å²) >= 11 is 13.3. The number of hydrogen-bond acceptors (Lipinski definition) is 11. The minimum Gasteiger partial charge on any atom is -0.456 e. The highest BCUT2D eigenvalue weighted by molar-refractivity contribution is 6.23. The smallest absolute Gasteiger partial charge is 0.407 e. The lowest BCUT2D eigenvalue weighted by molar-refractivity contribution is -0.268. The minimum atomic E-state index is -1.44. The fourth-order valence-electron chi connectivity index (χ4n) is 6.79. The Hall–Kier alpha value is -5.18. The minimum absolute atomic E-state index is 0.00172. The van der Waals surface area contributed by atoms with Crippen molar-refractivity contribution in [2.75, 3.05) is 13.0 Å². The van der Waals surface area contributed by atoms with E-state index >= 15 is 0 Å². The third kappa shape index (κ3) is 11.3. The van der Waals surface area contributed by atoms with Crippen LogP contribution in [0.4, 0.5) is 9.59 Å². The molecule has 58 heavy (non-hydrogen) atoms. The molecule has 1 heterocycles. The summed E-state index contributed by atoms with van der Waals surface area (Å²) in [5.41, 5.74) is 2.06. The summed E-state index contributed by atoms with van der Waals surface area (Å²) in [5, 5.41) is 4.55. The van der Waals surface area contributed by atoms with Crippen LogP contribution in [-0.4, -0.2) is 91.4 Å². The van der Waals surface area contributed by atoms with E-state index in [0.29, 0.717) is 5.56 Å². The molecule has 0 unspecified atom stereocenters. The van der Waals surface area contributed by atoms with Gasteiger partial charge in [-0.25, -0.2) is 19.2 Å². The Labute approximate surface area is 346 Å². The van der Waals surface area contributed by atoms with Gasteiger partial charge < -0.3 is 43.8 Å². The molecule has 0 aromatic heterocycles. The predicted molar refractivity (Wildman–Crippen MR) is 212 cm³/mol. The van der Waals surface area contributed by atoms with E-state index in [-0.39, 0.29) is 37.5 Å². The van der Waals surface area contributed by atoms with Crippen molar-refractivity contribution >= 4 is 47.3 Å². The van der Waals surface area contributed by atoms with Gasteiger partial charge in [0.1, 0.15) is 49.0 Å². The highest BCUT2D eigenvalue weighted by Crippen LogP contribution is 2.35. The Kier molecular flexibility index (Phi) is 15.4. The van der Waals surface area contributed by atoms with E-state index in [1.54, 1.807) is 72.8 Å². The molecule has 0 spiro atoms. The number of alkyl halides is 2. The average molecular weight is 836 g/mol. The lowest BCUT2D eigenvalue weighted by atomic mass is 9.87. The molecular weight excluding hydrogens is 791 g/mol. The second-order valence-corrected chi connectivity index (χ2v) is 14.4. The average Bonchev–Trinajstić information content (AvgIpc) is 3.26. The number of carbonyl (C=O) groups is 4. The first-order chi connectivity index (χ1) is 28.2. The number of amides is 2.